The molecular formula is C12H9NO6. The molecule has 3 N–H and O–H groups in total. The van der Waals surface area contributed by atoms with Crippen LogP contribution >= 0.6 is 0 Å². The number of carbonyl (C=O) groups excluding carboxylic acids is 1. The molecule has 7 heteroatoms. The normalized spacial score (nSPS) is 10.3. The predicted molar refractivity (Wildman–Crippen MR) is 64.1 cm³/mol. The highest BCUT2D eigenvalue weighted by atomic mass is 16.4. The zero-order valence-corrected chi connectivity index (χ0v) is 9.54. The van der Waals surface area contributed by atoms with Crippen molar-refractivity contribution in [3.63, 3.8) is 0 Å². The molecule has 0 saturated carbocycles. The summed E-state index contributed by atoms with van der Waals surface area (Å²) in [5.41, 5.74) is -0.530. The lowest BCUT2D eigenvalue weighted by molar-refractivity contribution is -0.135. The van der Waals surface area contributed by atoms with Crippen LogP contribution in [0.5, 0.6) is 5.75 Å². The van der Waals surface area contributed by atoms with Crippen molar-refractivity contribution in [3.8, 4) is 5.75 Å². The molecule has 2 rings (SSSR count). The van der Waals surface area contributed by atoms with E-state index in [1.165, 1.54) is 18.2 Å². The summed E-state index contributed by atoms with van der Waals surface area (Å²) < 4.78 is 4.83. The van der Waals surface area contributed by atoms with E-state index in [0.717, 1.165) is 6.07 Å². The maximum absolute atomic E-state index is 11.7. The Balaban J connectivity index is 2.41. The number of rotatable bonds is 3. The number of aromatic hydroxyl groups is 1. The first kappa shape index (κ1) is 12.6. The number of nitrogens with one attached hydrogen (secondary N) is 1. The molecule has 0 atom stereocenters. The van der Waals surface area contributed by atoms with E-state index in [1.807, 2.05) is 0 Å². The van der Waals surface area contributed by atoms with E-state index in [0.29, 0.717) is 5.39 Å². The van der Waals surface area contributed by atoms with Crippen molar-refractivity contribution in [3.05, 3.63) is 40.2 Å². The minimum absolute atomic E-state index is 0.0948. The molecule has 1 aromatic heterocycles. The molecule has 1 heterocycles. The van der Waals surface area contributed by atoms with Crippen molar-refractivity contribution < 1.29 is 24.2 Å². The molecule has 7 nitrogen and oxygen atoms in total. The first-order valence-electron chi connectivity index (χ1n) is 5.24. The second-order valence-electron chi connectivity index (χ2n) is 3.74. The van der Waals surface area contributed by atoms with Gasteiger partial charge in [-0.15, -0.1) is 0 Å². The second kappa shape index (κ2) is 4.81. The van der Waals surface area contributed by atoms with Gasteiger partial charge in [-0.1, -0.05) is 0 Å². The molecule has 1 amide bonds. The van der Waals surface area contributed by atoms with Gasteiger partial charge < -0.3 is 19.9 Å². The maximum Gasteiger partial charge on any atom is 0.336 e. The molecule has 0 bridgehead atoms. The van der Waals surface area contributed by atoms with Crippen LogP contribution in [-0.4, -0.2) is 28.6 Å². The molecule has 19 heavy (non-hydrogen) atoms. The van der Waals surface area contributed by atoms with Gasteiger partial charge in [0.15, 0.2) is 0 Å². The van der Waals surface area contributed by atoms with Crippen LogP contribution in [0.4, 0.5) is 0 Å². The summed E-state index contributed by atoms with van der Waals surface area (Å²) in [6, 6.07) is 5.06. The summed E-state index contributed by atoms with van der Waals surface area (Å²) in [7, 11) is 0. The van der Waals surface area contributed by atoms with Crippen LogP contribution in [0.3, 0.4) is 0 Å². The Labute approximate surface area is 106 Å². The van der Waals surface area contributed by atoms with Crippen LogP contribution in [-0.2, 0) is 4.79 Å². The fourth-order valence-corrected chi connectivity index (χ4v) is 1.54. The third-order valence-corrected chi connectivity index (χ3v) is 2.38. The lowest BCUT2D eigenvalue weighted by Gasteiger charge is -2.06. The van der Waals surface area contributed by atoms with Crippen LogP contribution in [0.2, 0.25) is 0 Å². The van der Waals surface area contributed by atoms with Crippen molar-refractivity contribution in [2.45, 2.75) is 0 Å². The lowest BCUT2D eigenvalue weighted by Crippen LogP contribution is -2.29. The predicted octanol–water partition coefficient (Wildman–Crippen LogP) is 0.313. The molecule has 0 unspecified atom stereocenters. The highest BCUT2D eigenvalue weighted by Crippen LogP contribution is 2.23. The second-order valence-corrected chi connectivity index (χ2v) is 3.74. The third kappa shape index (κ3) is 2.71. The highest BCUT2D eigenvalue weighted by Gasteiger charge is 2.14. The monoisotopic (exact) mass is 263 g/mol. The van der Waals surface area contributed by atoms with E-state index in [-0.39, 0.29) is 11.1 Å². The Hall–Kier alpha value is -2.83. The average molecular weight is 263 g/mol. The van der Waals surface area contributed by atoms with Gasteiger partial charge in [0.1, 0.15) is 17.9 Å². The van der Waals surface area contributed by atoms with E-state index in [4.69, 9.17) is 9.52 Å². The van der Waals surface area contributed by atoms with Crippen LogP contribution in [0.25, 0.3) is 11.0 Å². The number of carboxylic acid groups (broad SMARTS) is 1. The maximum atomic E-state index is 11.7. The van der Waals surface area contributed by atoms with Crippen LogP contribution in [0, 0.1) is 0 Å². The molecule has 0 aliphatic heterocycles. The quantitative estimate of drug-likeness (QED) is 0.686. The summed E-state index contributed by atoms with van der Waals surface area (Å²) in [5.74, 6) is -2.32. The van der Waals surface area contributed by atoms with Gasteiger partial charge in [0.2, 0.25) is 0 Å². The van der Waals surface area contributed by atoms with E-state index in [9.17, 15) is 19.5 Å². The molecular weight excluding hydrogens is 254 g/mol. The summed E-state index contributed by atoms with van der Waals surface area (Å²) in [4.78, 5) is 33.0. The number of phenols is 1. The zero-order valence-electron chi connectivity index (χ0n) is 9.54. The molecule has 0 fully saturated rings. The minimum Gasteiger partial charge on any atom is -0.507 e. The van der Waals surface area contributed by atoms with Crippen molar-refractivity contribution in [1.29, 1.82) is 0 Å². The molecule has 98 valence electrons. The standard InChI is InChI=1S/C12H9NO6/c14-8-4-9-6(1-2-11(17)19-9)3-7(8)12(18)13-5-10(15)16/h1-4,14H,5H2,(H,13,18)(H,15,16). The number of phenolic OH excluding ortho intramolecular Hbond substituents is 1. The molecule has 0 aliphatic rings. The Morgan fingerprint density at radius 3 is 2.68 bits per heavy atom. The van der Waals surface area contributed by atoms with Crippen molar-refractivity contribution in [1.82, 2.24) is 5.32 Å². The Kier molecular flexibility index (Phi) is 3.19. The number of carboxylic acids is 1. The number of hydrogen-bond donors (Lipinski definition) is 3. The Morgan fingerprint density at radius 2 is 2.00 bits per heavy atom. The molecule has 0 saturated heterocycles. The summed E-state index contributed by atoms with van der Waals surface area (Å²) in [6.07, 6.45) is 0. The number of benzene rings is 1. The lowest BCUT2D eigenvalue weighted by atomic mass is 10.1. The highest BCUT2D eigenvalue weighted by molar-refractivity contribution is 6.01. The van der Waals surface area contributed by atoms with E-state index < -0.39 is 29.8 Å². The van der Waals surface area contributed by atoms with Gasteiger partial charge in [0.05, 0.1) is 5.56 Å². The molecule has 0 spiro atoms. The van der Waals surface area contributed by atoms with Crippen LogP contribution in [0.1, 0.15) is 10.4 Å². The number of aliphatic carboxylic acids is 1. The van der Waals surface area contributed by atoms with Gasteiger partial charge in [-0.2, -0.15) is 0 Å². The Morgan fingerprint density at radius 1 is 1.26 bits per heavy atom. The molecule has 0 aliphatic carbocycles. The third-order valence-electron chi connectivity index (χ3n) is 2.38. The SMILES string of the molecule is O=C(O)CNC(=O)c1cc2ccc(=O)oc2cc1O. The van der Waals surface area contributed by atoms with Gasteiger partial charge in [0, 0.05) is 17.5 Å². The smallest absolute Gasteiger partial charge is 0.336 e. The fraction of sp³-hybridized carbons (Fsp3) is 0.0833. The summed E-state index contributed by atoms with van der Waals surface area (Å²) >= 11 is 0. The van der Waals surface area contributed by atoms with Crippen molar-refractivity contribution in [2.75, 3.05) is 6.54 Å². The fourth-order valence-electron chi connectivity index (χ4n) is 1.54. The zero-order chi connectivity index (χ0) is 14.0. The van der Waals surface area contributed by atoms with Gasteiger partial charge in [-0.05, 0) is 12.1 Å². The van der Waals surface area contributed by atoms with E-state index in [2.05, 4.69) is 5.32 Å². The average Bonchev–Trinajstić information content (AvgIpc) is 2.35. The largest absolute Gasteiger partial charge is 0.507 e. The number of hydrogen-bond acceptors (Lipinski definition) is 5. The number of amides is 1. The van der Waals surface area contributed by atoms with Gasteiger partial charge in [-0.25, -0.2) is 4.79 Å². The summed E-state index contributed by atoms with van der Waals surface area (Å²) in [5, 5.41) is 20.7. The topological polar surface area (TPSA) is 117 Å². The Bertz CT molecular complexity index is 718. The first-order valence-corrected chi connectivity index (χ1v) is 5.24. The summed E-state index contributed by atoms with van der Waals surface area (Å²) in [6.45, 7) is -0.555. The van der Waals surface area contributed by atoms with Gasteiger partial charge in [-0.3, -0.25) is 9.59 Å². The van der Waals surface area contributed by atoms with Gasteiger partial charge in [0.25, 0.3) is 5.91 Å². The first-order chi connectivity index (χ1) is 8.97. The minimum atomic E-state index is -1.19. The number of carbonyl (C=O) groups is 2. The van der Waals surface area contributed by atoms with Crippen LogP contribution in [0.15, 0.2) is 33.5 Å². The van der Waals surface area contributed by atoms with E-state index in [1.54, 1.807) is 0 Å². The molecule has 1 aromatic carbocycles. The van der Waals surface area contributed by atoms with Crippen molar-refractivity contribution in [2.24, 2.45) is 0 Å². The van der Waals surface area contributed by atoms with Crippen molar-refractivity contribution >= 4 is 22.8 Å². The molecule has 2 aromatic rings. The number of fused-ring (bicyclic) bond motifs is 1. The van der Waals surface area contributed by atoms with E-state index >= 15 is 0 Å². The van der Waals surface area contributed by atoms with Crippen LogP contribution < -0.4 is 10.9 Å². The van der Waals surface area contributed by atoms with Gasteiger partial charge >= 0.3 is 11.6 Å². The molecule has 0 radical (unpaired) electrons.